The van der Waals surface area contributed by atoms with Gasteiger partial charge in [-0.15, -0.1) is 11.5 Å². The van der Waals surface area contributed by atoms with Gasteiger partial charge in [0.05, 0.1) is 31.7 Å². The fourth-order valence-electron chi connectivity index (χ4n) is 3.33. The van der Waals surface area contributed by atoms with E-state index in [9.17, 15) is 9.59 Å². The lowest BCUT2D eigenvalue weighted by atomic mass is 9.82. The van der Waals surface area contributed by atoms with Gasteiger partial charge in [-0.3, -0.25) is 9.69 Å². The third-order valence-corrected chi connectivity index (χ3v) is 5.23. The molecule has 0 aromatic rings. The first-order valence-corrected chi connectivity index (χ1v) is 12.6. The number of ketones is 1. The van der Waals surface area contributed by atoms with Gasteiger partial charge in [-0.05, 0) is 33.6 Å². The van der Waals surface area contributed by atoms with Crippen molar-refractivity contribution in [2.24, 2.45) is 5.92 Å². The third-order valence-electron chi connectivity index (χ3n) is 4.31. The molecule has 0 aromatic heterocycles. The number of carbonyl (C=O) groups is 2. The van der Waals surface area contributed by atoms with Crippen molar-refractivity contribution in [2.45, 2.75) is 77.4 Å². The van der Waals surface area contributed by atoms with E-state index in [0.717, 1.165) is 0 Å². The van der Waals surface area contributed by atoms with Crippen molar-refractivity contribution in [3.8, 4) is 11.5 Å². The Bertz CT molecular complexity index is 565. The number of morpholine rings is 1. The van der Waals surface area contributed by atoms with Crippen molar-refractivity contribution in [3.63, 3.8) is 0 Å². The molecule has 1 amide bonds. The van der Waals surface area contributed by atoms with Crippen molar-refractivity contribution in [1.29, 1.82) is 0 Å². The molecule has 2 bridgehead atoms. The van der Waals surface area contributed by atoms with Crippen LogP contribution in [0.2, 0.25) is 19.6 Å². The van der Waals surface area contributed by atoms with Gasteiger partial charge in [-0.2, -0.15) is 0 Å². The van der Waals surface area contributed by atoms with Crippen LogP contribution in [-0.4, -0.2) is 55.7 Å². The third kappa shape index (κ3) is 5.86. The fraction of sp³-hybridized carbons (Fsp3) is 0.789. The van der Waals surface area contributed by atoms with E-state index >= 15 is 0 Å². The van der Waals surface area contributed by atoms with Gasteiger partial charge in [-0.25, -0.2) is 4.79 Å². The molecule has 0 saturated carbocycles. The lowest BCUT2D eigenvalue weighted by Crippen LogP contribution is -2.60. The number of carbonyl (C=O) groups excluding carboxylic acids is 2. The highest BCUT2D eigenvalue weighted by molar-refractivity contribution is 6.83. The van der Waals surface area contributed by atoms with Gasteiger partial charge in [0.15, 0.2) is 0 Å². The summed E-state index contributed by atoms with van der Waals surface area (Å²) in [4.78, 5) is 26.9. The number of Topliss-reactive ketones (excluding diaryl/α,β-unsaturated/α-hetero) is 1. The van der Waals surface area contributed by atoms with E-state index in [1.54, 1.807) is 4.90 Å². The van der Waals surface area contributed by atoms with Crippen LogP contribution in [0, 0.1) is 17.4 Å². The lowest BCUT2D eigenvalue weighted by Gasteiger charge is -2.47. The molecule has 2 atom stereocenters. The summed E-state index contributed by atoms with van der Waals surface area (Å²) >= 11 is 0. The second-order valence-electron chi connectivity index (χ2n) is 9.10. The molecule has 6 heteroatoms. The average molecular weight is 366 g/mol. The summed E-state index contributed by atoms with van der Waals surface area (Å²) in [5.74, 6) is 3.25. The Labute approximate surface area is 152 Å². The number of amides is 1. The molecule has 0 spiro atoms. The largest absolute Gasteiger partial charge is 0.444 e. The van der Waals surface area contributed by atoms with E-state index in [1.807, 2.05) is 20.8 Å². The van der Waals surface area contributed by atoms with Crippen molar-refractivity contribution < 1.29 is 19.1 Å². The Morgan fingerprint density at radius 3 is 2.20 bits per heavy atom. The maximum atomic E-state index is 12.6. The van der Waals surface area contributed by atoms with Crippen LogP contribution >= 0.6 is 0 Å². The van der Waals surface area contributed by atoms with Crippen molar-refractivity contribution in [3.05, 3.63) is 0 Å². The van der Waals surface area contributed by atoms with Crippen LogP contribution in [0.5, 0.6) is 0 Å². The molecule has 25 heavy (non-hydrogen) atoms. The van der Waals surface area contributed by atoms with E-state index < -0.39 is 13.7 Å². The Morgan fingerprint density at radius 2 is 1.72 bits per heavy atom. The summed E-state index contributed by atoms with van der Waals surface area (Å²) in [6.45, 7) is 13.1. The second kappa shape index (κ2) is 7.51. The minimum absolute atomic E-state index is 0.0338. The van der Waals surface area contributed by atoms with Crippen LogP contribution in [0.3, 0.4) is 0 Å². The predicted molar refractivity (Wildman–Crippen MR) is 99.9 cm³/mol. The molecule has 2 fully saturated rings. The standard InChI is InChI=1S/C19H31NO4Si/c1-19(2,3)24-18(22)20-15-10-14(11-16(20)13-23-12-15)17(21)8-7-9-25(4,5)6/h14-16H,8,10-13H2,1-6H3. The normalized spacial score (nSPS) is 26.5. The highest BCUT2D eigenvalue weighted by atomic mass is 28.3. The molecule has 0 radical (unpaired) electrons. The van der Waals surface area contributed by atoms with Gasteiger partial charge in [0.2, 0.25) is 0 Å². The molecule has 2 aliphatic heterocycles. The van der Waals surface area contributed by atoms with Crippen molar-refractivity contribution in [2.75, 3.05) is 13.2 Å². The second-order valence-corrected chi connectivity index (χ2v) is 13.8. The van der Waals surface area contributed by atoms with Gasteiger partial charge < -0.3 is 9.47 Å². The van der Waals surface area contributed by atoms with Crippen molar-refractivity contribution in [1.82, 2.24) is 4.90 Å². The first-order chi connectivity index (χ1) is 11.5. The highest BCUT2D eigenvalue weighted by Crippen LogP contribution is 2.33. The molecule has 0 aliphatic carbocycles. The number of hydrogen-bond acceptors (Lipinski definition) is 4. The van der Waals surface area contributed by atoms with E-state index in [0.29, 0.717) is 32.5 Å². The molecule has 2 rings (SSSR count). The number of rotatable bonds is 2. The summed E-state index contributed by atoms with van der Waals surface area (Å²) < 4.78 is 11.2. The first-order valence-electron chi connectivity index (χ1n) is 9.08. The molecule has 2 heterocycles. The molecular formula is C19H31NO4Si. The molecule has 5 nitrogen and oxygen atoms in total. The molecule has 140 valence electrons. The van der Waals surface area contributed by atoms with Crippen LogP contribution in [0.15, 0.2) is 0 Å². The lowest BCUT2D eigenvalue weighted by molar-refractivity contribution is -0.131. The molecule has 2 aliphatic rings. The van der Waals surface area contributed by atoms with Crippen LogP contribution in [0.4, 0.5) is 4.79 Å². The summed E-state index contributed by atoms with van der Waals surface area (Å²) in [5, 5.41) is 0. The zero-order valence-electron chi connectivity index (χ0n) is 16.3. The van der Waals surface area contributed by atoms with Crippen LogP contribution in [0.1, 0.15) is 40.0 Å². The summed E-state index contributed by atoms with van der Waals surface area (Å²) in [6, 6.07) is -0.164. The Balaban J connectivity index is 2.01. The Morgan fingerprint density at radius 1 is 1.16 bits per heavy atom. The number of fused-ring (bicyclic) bond motifs is 2. The molecule has 2 saturated heterocycles. The molecule has 0 N–H and O–H groups in total. The van der Waals surface area contributed by atoms with E-state index in [-0.39, 0.29) is 29.9 Å². The number of piperidine rings is 1. The minimum Gasteiger partial charge on any atom is -0.444 e. The highest BCUT2D eigenvalue weighted by Gasteiger charge is 2.44. The SMILES string of the molecule is CC(C)(C)OC(=O)N1C2COCC1CC(C(=O)CC#C[Si](C)(C)C)C2. The van der Waals surface area contributed by atoms with E-state index in [1.165, 1.54) is 0 Å². The summed E-state index contributed by atoms with van der Waals surface area (Å²) in [6.07, 6.45) is 1.31. The topological polar surface area (TPSA) is 55.8 Å². The van der Waals surface area contributed by atoms with E-state index in [2.05, 4.69) is 31.1 Å². The maximum absolute atomic E-state index is 12.6. The van der Waals surface area contributed by atoms with Gasteiger partial charge in [0.1, 0.15) is 19.5 Å². The maximum Gasteiger partial charge on any atom is 0.410 e. The zero-order valence-corrected chi connectivity index (χ0v) is 17.3. The first kappa shape index (κ1) is 20.0. The van der Waals surface area contributed by atoms with Crippen LogP contribution in [-0.2, 0) is 14.3 Å². The number of nitrogens with zero attached hydrogens (tertiary/aromatic N) is 1. The molecule has 2 unspecified atom stereocenters. The van der Waals surface area contributed by atoms with Gasteiger partial charge >= 0.3 is 6.09 Å². The smallest absolute Gasteiger partial charge is 0.410 e. The molecular weight excluding hydrogens is 334 g/mol. The molecule has 0 aromatic carbocycles. The monoisotopic (exact) mass is 365 g/mol. The number of ether oxygens (including phenoxy) is 2. The summed E-state index contributed by atoms with van der Waals surface area (Å²) in [7, 11) is -1.45. The predicted octanol–water partition coefficient (Wildman–Crippen LogP) is 3.24. The van der Waals surface area contributed by atoms with Crippen LogP contribution < -0.4 is 0 Å². The quantitative estimate of drug-likeness (QED) is 0.557. The minimum atomic E-state index is -1.45. The van der Waals surface area contributed by atoms with Gasteiger partial charge in [-0.1, -0.05) is 19.6 Å². The van der Waals surface area contributed by atoms with Gasteiger partial charge in [0.25, 0.3) is 0 Å². The Kier molecular flexibility index (Phi) is 6.00. The number of hydrogen-bond donors (Lipinski definition) is 0. The average Bonchev–Trinajstić information content (AvgIpc) is 2.42. The fourth-order valence-corrected chi connectivity index (χ4v) is 3.95. The zero-order chi connectivity index (χ0) is 18.8. The Hall–Kier alpha value is -1.32. The van der Waals surface area contributed by atoms with Crippen LogP contribution in [0.25, 0.3) is 0 Å². The van der Waals surface area contributed by atoms with Crippen molar-refractivity contribution >= 4 is 20.0 Å². The summed E-state index contributed by atoms with van der Waals surface area (Å²) in [5.41, 5.74) is 2.73. The van der Waals surface area contributed by atoms with E-state index in [4.69, 9.17) is 9.47 Å². The van der Waals surface area contributed by atoms with Gasteiger partial charge in [0, 0.05) is 5.92 Å².